The van der Waals surface area contributed by atoms with Crippen LogP contribution in [0.15, 0.2) is 65.7 Å². The van der Waals surface area contributed by atoms with E-state index in [9.17, 15) is 9.59 Å². The predicted molar refractivity (Wildman–Crippen MR) is 74.5 cm³/mol. The molecular formula is C16H15NO2. The van der Waals surface area contributed by atoms with E-state index < -0.39 is 5.91 Å². The number of aliphatic imine (C=N–C) groups is 1. The Kier molecular flexibility index (Phi) is 6.56. The topological polar surface area (TPSA) is 46.5 Å². The normalized spacial score (nSPS) is 8.68. The van der Waals surface area contributed by atoms with Crippen molar-refractivity contribution in [1.29, 1.82) is 0 Å². The van der Waals surface area contributed by atoms with Gasteiger partial charge in [0.1, 0.15) is 0 Å². The van der Waals surface area contributed by atoms with Crippen molar-refractivity contribution < 1.29 is 9.59 Å². The van der Waals surface area contributed by atoms with Gasteiger partial charge in [0.2, 0.25) is 6.08 Å². The van der Waals surface area contributed by atoms with Crippen molar-refractivity contribution in [1.82, 2.24) is 0 Å². The van der Waals surface area contributed by atoms with Gasteiger partial charge in [0.25, 0.3) is 5.91 Å². The molecule has 0 aliphatic rings. The molecule has 0 radical (unpaired) electrons. The van der Waals surface area contributed by atoms with E-state index in [0.29, 0.717) is 0 Å². The Morgan fingerprint density at radius 3 is 1.95 bits per heavy atom. The molecule has 0 heterocycles. The summed E-state index contributed by atoms with van der Waals surface area (Å²) >= 11 is 0. The number of amides is 1. The molecule has 0 bridgehead atoms. The van der Waals surface area contributed by atoms with E-state index in [2.05, 4.69) is 24.0 Å². The van der Waals surface area contributed by atoms with Gasteiger partial charge in [0.05, 0.1) is 6.42 Å². The highest BCUT2D eigenvalue weighted by Gasteiger charge is 1.99. The molecule has 3 nitrogen and oxygen atoms in total. The van der Waals surface area contributed by atoms with Gasteiger partial charge in [-0.1, -0.05) is 66.2 Å². The van der Waals surface area contributed by atoms with Crippen LogP contribution in [0.25, 0.3) is 0 Å². The van der Waals surface area contributed by atoms with E-state index in [4.69, 9.17) is 0 Å². The molecule has 2 rings (SSSR count). The average molecular weight is 253 g/mol. The van der Waals surface area contributed by atoms with Crippen LogP contribution in [0.2, 0.25) is 0 Å². The summed E-state index contributed by atoms with van der Waals surface area (Å²) in [6.45, 7) is 2.08. The largest absolute Gasteiger partial charge is 0.271 e. The van der Waals surface area contributed by atoms with Crippen molar-refractivity contribution >= 4 is 12.0 Å². The highest BCUT2D eigenvalue weighted by molar-refractivity contribution is 5.83. The van der Waals surface area contributed by atoms with Crippen molar-refractivity contribution in [3.05, 3.63) is 71.8 Å². The van der Waals surface area contributed by atoms with Gasteiger partial charge in [0.15, 0.2) is 0 Å². The molecule has 0 saturated heterocycles. The Morgan fingerprint density at radius 1 is 1.00 bits per heavy atom. The number of carbonyl (C=O) groups is 1. The number of nitrogens with zero attached hydrogens (tertiary/aromatic N) is 1. The first-order valence-electron chi connectivity index (χ1n) is 5.88. The van der Waals surface area contributed by atoms with Gasteiger partial charge in [-0.25, -0.2) is 4.79 Å². The zero-order valence-electron chi connectivity index (χ0n) is 10.7. The first kappa shape index (κ1) is 14.6. The summed E-state index contributed by atoms with van der Waals surface area (Å²) in [6.07, 6.45) is 1.38. The molecule has 0 fully saturated rings. The molecular weight excluding hydrogens is 238 g/mol. The van der Waals surface area contributed by atoms with Crippen LogP contribution in [0.4, 0.5) is 0 Å². The Balaban J connectivity index is 0.000000218. The second-order valence-corrected chi connectivity index (χ2v) is 3.91. The number of hydrogen-bond acceptors (Lipinski definition) is 2. The third-order valence-corrected chi connectivity index (χ3v) is 2.31. The van der Waals surface area contributed by atoms with Gasteiger partial charge in [0, 0.05) is 0 Å². The molecule has 3 heteroatoms. The fraction of sp³-hybridized carbons (Fsp3) is 0.125. The van der Waals surface area contributed by atoms with Crippen LogP contribution in [0, 0.1) is 6.92 Å². The van der Waals surface area contributed by atoms with Gasteiger partial charge >= 0.3 is 0 Å². The van der Waals surface area contributed by atoms with E-state index in [0.717, 1.165) is 5.56 Å². The Hall–Kier alpha value is -2.51. The molecule has 0 aromatic heterocycles. The third kappa shape index (κ3) is 6.71. The molecule has 2 aromatic rings. The summed E-state index contributed by atoms with van der Waals surface area (Å²) in [6, 6.07) is 19.4. The number of hydrogen-bond donors (Lipinski definition) is 0. The lowest BCUT2D eigenvalue weighted by molar-refractivity contribution is -0.117. The van der Waals surface area contributed by atoms with E-state index in [1.54, 1.807) is 12.1 Å². The third-order valence-electron chi connectivity index (χ3n) is 2.31. The predicted octanol–water partition coefficient (Wildman–Crippen LogP) is 3.09. The van der Waals surface area contributed by atoms with Crippen molar-refractivity contribution in [2.45, 2.75) is 13.3 Å². The van der Waals surface area contributed by atoms with Gasteiger partial charge in [-0.2, -0.15) is 0 Å². The Labute approximate surface area is 112 Å². The molecule has 96 valence electrons. The number of benzene rings is 2. The molecule has 0 saturated carbocycles. The van der Waals surface area contributed by atoms with Gasteiger partial charge in [-0.15, -0.1) is 4.99 Å². The Bertz CT molecular complexity index is 543. The SMILES string of the molecule is Cc1ccccc1.O=C=NC(=O)Cc1ccccc1. The fourth-order valence-electron chi connectivity index (χ4n) is 1.40. The van der Waals surface area contributed by atoms with Crippen LogP contribution in [-0.4, -0.2) is 12.0 Å². The number of carbonyl (C=O) groups excluding carboxylic acids is 2. The van der Waals surface area contributed by atoms with E-state index in [1.807, 2.05) is 36.4 Å². The maximum Gasteiger partial charge on any atom is 0.260 e. The highest BCUT2D eigenvalue weighted by Crippen LogP contribution is 1.99. The summed E-state index contributed by atoms with van der Waals surface area (Å²) in [5, 5.41) is 0. The van der Waals surface area contributed by atoms with Crippen LogP contribution in [-0.2, 0) is 16.0 Å². The summed E-state index contributed by atoms with van der Waals surface area (Å²) in [5.41, 5.74) is 2.17. The van der Waals surface area contributed by atoms with Crippen LogP contribution in [0.1, 0.15) is 11.1 Å². The average Bonchev–Trinajstić information content (AvgIpc) is 2.42. The van der Waals surface area contributed by atoms with E-state index >= 15 is 0 Å². The molecule has 0 spiro atoms. The first-order chi connectivity index (χ1) is 9.22. The van der Waals surface area contributed by atoms with Crippen molar-refractivity contribution in [3.63, 3.8) is 0 Å². The molecule has 0 aliphatic heterocycles. The molecule has 0 atom stereocenters. The monoisotopic (exact) mass is 253 g/mol. The minimum Gasteiger partial charge on any atom is -0.271 e. The Morgan fingerprint density at radius 2 is 1.53 bits per heavy atom. The zero-order valence-corrected chi connectivity index (χ0v) is 10.7. The fourth-order valence-corrected chi connectivity index (χ4v) is 1.40. The van der Waals surface area contributed by atoms with Crippen molar-refractivity contribution in [2.75, 3.05) is 0 Å². The number of rotatable bonds is 2. The lowest BCUT2D eigenvalue weighted by Gasteiger charge is -1.93. The molecule has 2 aromatic carbocycles. The molecule has 0 unspecified atom stereocenters. The molecule has 0 aliphatic carbocycles. The van der Waals surface area contributed by atoms with Crippen LogP contribution in [0.3, 0.4) is 0 Å². The van der Waals surface area contributed by atoms with Gasteiger partial charge < -0.3 is 0 Å². The minimum atomic E-state index is -0.462. The van der Waals surface area contributed by atoms with Crippen LogP contribution >= 0.6 is 0 Å². The minimum absolute atomic E-state index is 0.163. The van der Waals surface area contributed by atoms with E-state index in [1.165, 1.54) is 11.6 Å². The summed E-state index contributed by atoms with van der Waals surface area (Å²) in [5.74, 6) is -0.462. The molecule has 19 heavy (non-hydrogen) atoms. The van der Waals surface area contributed by atoms with Crippen molar-refractivity contribution in [3.8, 4) is 0 Å². The molecule has 1 amide bonds. The quantitative estimate of drug-likeness (QED) is 0.610. The summed E-state index contributed by atoms with van der Waals surface area (Å²) in [7, 11) is 0. The zero-order chi connectivity index (χ0) is 13.9. The maximum atomic E-state index is 10.8. The molecule has 0 N–H and O–H groups in total. The first-order valence-corrected chi connectivity index (χ1v) is 5.88. The maximum absolute atomic E-state index is 10.8. The van der Waals surface area contributed by atoms with Crippen LogP contribution < -0.4 is 0 Å². The second kappa shape index (κ2) is 8.56. The van der Waals surface area contributed by atoms with Crippen molar-refractivity contribution in [2.24, 2.45) is 4.99 Å². The highest BCUT2D eigenvalue weighted by atomic mass is 16.2. The smallest absolute Gasteiger partial charge is 0.260 e. The van der Waals surface area contributed by atoms with Crippen LogP contribution in [0.5, 0.6) is 0 Å². The lowest BCUT2D eigenvalue weighted by atomic mass is 10.1. The lowest BCUT2D eigenvalue weighted by Crippen LogP contribution is -1.97. The summed E-state index contributed by atoms with van der Waals surface area (Å²) < 4.78 is 0. The van der Waals surface area contributed by atoms with Gasteiger partial charge in [-0.05, 0) is 12.5 Å². The number of isocyanates is 1. The van der Waals surface area contributed by atoms with E-state index in [-0.39, 0.29) is 6.42 Å². The second-order valence-electron chi connectivity index (χ2n) is 3.91. The number of aryl methyl sites for hydroxylation is 1. The standard InChI is InChI=1S/C9H7NO2.C7H8/c11-7-10-9(12)6-8-4-2-1-3-5-8;1-7-5-3-2-4-6-7/h1-5H,6H2;2-6H,1H3. The summed E-state index contributed by atoms with van der Waals surface area (Å²) in [4.78, 5) is 23.5. The van der Waals surface area contributed by atoms with Gasteiger partial charge in [-0.3, -0.25) is 4.79 Å².